The van der Waals surface area contributed by atoms with Gasteiger partial charge in [-0.1, -0.05) is 31.5 Å². The van der Waals surface area contributed by atoms with E-state index in [4.69, 9.17) is 16.3 Å². The zero-order chi connectivity index (χ0) is 14.5. The third-order valence-corrected chi connectivity index (χ3v) is 4.49. The monoisotopic (exact) mass is 299 g/mol. The Kier molecular flexibility index (Phi) is 5.82. The summed E-state index contributed by atoms with van der Waals surface area (Å²) in [7, 11) is 0. The first kappa shape index (κ1) is 15.7. The first-order chi connectivity index (χ1) is 9.67. The maximum atomic E-state index is 14.0. The number of halogens is 2. The van der Waals surface area contributed by atoms with Crippen molar-refractivity contribution < 1.29 is 9.13 Å². The summed E-state index contributed by atoms with van der Waals surface area (Å²) in [6, 6.07) is 5.09. The van der Waals surface area contributed by atoms with Gasteiger partial charge in [-0.15, -0.1) is 0 Å². The Hall–Kier alpha value is -0.640. The number of ether oxygens (including phenoxy) is 1. The van der Waals surface area contributed by atoms with E-state index < -0.39 is 0 Å². The maximum Gasteiger partial charge on any atom is 0.127 e. The molecule has 1 heterocycles. The van der Waals surface area contributed by atoms with E-state index >= 15 is 0 Å². The largest absolute Gasteiger partial charge is 0.378 e. The van der Waals surface area contributed by atoms with Crippen LogP contribution in [0.15, 0.2) is 18.2 Å². The normalized spacial score (nSPS) is 24.0. The van der Waals surface area contributed by atoms with Crippen LogP contribution in [0.25, 0.3) is 0 Å². The molecule has 112 valence electrons. The van der Waals surface area contributed by atoms with E-state index in [0.717, 1.165) is 26.0 Å². The van der Waals surface area contributed by atoms with E-state index in [1.54, 1.807) is 12.1 Å². The minimum absolute atomic E-state index is 0.210. The quantitative estimate of drug-likeness (QED) is 0.862. The molecular weight excluding hydrogens is 277 g/mol. The summed E-state index contributed by atoms with van der Waals surface area (Å²) in [6.45, 7) is 5.88. The second-order valence-corrected chi connectivity index (χ2v) is 5.75. The zero-order valence-electron chi connectivity index (χ0n) is 12.2. The maximum absolute atomic E-state index is 14.0. The van der Waals surface area contributed by atoms with Gasteiger partial charge in [0.1, 0.15) is 5.82 Å². The van der Waals surface area contributed by atoms with Crippen LogP contribution < -0.4 is 5.32 Å². The Balaban J connectivity index is 2.17. The van der Waals surface area contributed by atoms with Crippen LogP contribution in [0.3, 0.4) is 0 Å². The summed E-state index contributed by atoms with van der Waals surface area (Å²) in [5.41, 5.74) is 0.613. The van der Waals surface area contributed by atoms with E-state index in [2.05, 4.69) is 19.2 Å². The summed E-state index contributed by atoms with van der Waals surface area (Å²) in [4.78, 5) is 0. The summed E-state index contributed by atoms with van der Waals surface area (Å²) >= 11 is 6.15. The lowest BCUT2D eigenvalue weighted by Crippen LogP contribution is -2.41. The van der Waals surface area contributed by atoms with Gasteiger partial charge < -0.3 is 10.1 Å². The molecule has 20 heavy (non-hydrogen) atoms. The fourth-order valence-corrected chi connectivity index (χ4v) is 3.37. The summed E-state index contributed by atoms with van der Waals surface area (Å²) < 4.78 is 19.7. The molecule has 1 aliphatic heterocycles. The van der Waals surface area contributed by atoms with Crippen LogP contribution in [-0.2, 0) is 11.2 Å². The average Bonchev–Trinajstić information content (AvgIpc) is 2.90. The van der Waals surface area contributed by atoms with Crippen molar-refractivity contribution in [1.82, 2.24) is 5.32 Å². The van der Waals surface area contributed by atoms with Crippen molar-refractivity contribution in [3.63, 3.8) is 0 Å². The molecule has 0 aliphatic carbocycles. The molecule has 4 heteroatoms. The highest BCUT2D eigenvalue weighted by atomic mass is 35.5. The van der Waals surface area contributed by atoms with Crippen LogP contribution in [0.5, 0.6) is 0 Å². The Bertz CT molecular complexity index is 420. The average molecular weight is 300 g/mol. The van der Waals surface area contributed by atoms with Crippen LogP contribution in [0.4, 0.5) is 4.39 Å². The number of rotatable bonds is 6. The number of likely N-dealkylation sites (N-methyl/N-ethyl adjacent to an activating group) is 1. The van der Waals surface area contributed by atoms with Crippen LogP contribution in [0.1, 0.15) is 32.3 Å². The standard InChI is InChI=1S/C16H23ClFNO/c1-3-16-11(8-9-20-16)15(19-4-2)10-12-13(17)6-5-7-14(12)18/h5-7,11,15-16,19H,3-4,8-10H2,1-2H3. The second kappa shape index (κ2) is 7.39. The fourth-order valence-electron chi connectivity index (χ4n) is 3.13. The molecule has 0 saturated carbocycles. The van der Waals surface area contributed by atoms with Crippen LogP contribution in [-0.4, -0.2) is 25.3 Å². The highest BCUT2D eigenvalue weighted by Crippen LogP contribution is 2.30. The molecule has 3 unspecified atom stereocenters. The second-order valence-electron chi connectivity index (χ2n) is 5.34. The SMILES string of the molecule is CCNC(Cc1c(F)cccc1Cl)C1CCOC1CC. The molecule has 1 saturated heterocycles. The van der Waals surface area contributed by atoms with Gasteiger partial charge in [0.15, 0.2) is 0 Å². The molecule has 0 bridgehead atoms. The molecule has 1 aliphatic rings. The predicted molar refractivity (Wildman–Crippen MR) is 80.7 cm³/mol. The Morgan fingerprint density at radius 1 is 1.45 bits per heavy atom. The van der Waals surface area contributed by atoms with E-state index in [1.165, 1.54) is 6.07 Å². The highest BCUT2D eigenvalue weighted by Gasteiger charge is 2.33. The Labute approximate surface area is 125 Å². The number of hydrogen-bond donors (Lipinski definition) is 1. The number of benzene rings is 1. The molecule has 2 nitrogen and oxygen atoms in total. The summed E-state index contributed by atoms with van der Waals surface area (Å²) in [6.07, 6.45) is 2.91. The first-order valence-electron chi connectivity index (χ1n) is 7.45. The topological polar surface area (TPSA) is 21.3 Å². The van der Waals surface area contributed by atoms with Gasteiger partial charge in [0, 0.05) is 29.2 Å². The lowest BCUT2D eigenvalue weighted by atomic mass is 9.87. The van der Waals surface area contributed by atoms with Gasteiger partial charge in [-0.05, 0) is 37.9 Å². The molecule has 1 aromatic carbocycles. The molecule has 1 fully saturated rings. The van der Waals surface area contributed by atoms with Gasteiger partial charge in [-0.25, -0.2) is 4.39 Å². The minimum Gasteiger partial charge on any atom is -0.378 e. The van der Waals surface area contributed by atoms with Gasteiger partial charge in [0.25, 0.3) is 0 Å². The van der Waals surface area contributed by atoms with Gasteiger partial charge in [-0.3, -0.25) is 0 Å². The molecule has 0 spiro atoms. The van der Waals surface area contributed by atoms with Gasteiger partial charge in [0.2, 0.25) is 0 Å². The molecule has 2 rings (SSSR count). The van der Waals surface area contributed by atoms with E-state index in [0.29, 0.717) is 22.9 Å². The third kappa shape index (κ3) is 3.51. The zero-order valence-corrected chi connectivity index (χ0v) is 12.9. The van der Waals surface area contributed by atoms with Crippen molar-refractivity contribution in [3.05, 3.63) is 34.6 Å². The molecule has 0 amide bonds. The Morgan fingerprint density at radius 3 is 2.90 bits per heavy atom. The highest BCUT2D eigenvalue weighted by molar-refractivity contribution is 6.31. The van der Waals surface area contributed by atoms with Crippen molar-refractivity contribution in [1.29, 1.82) is 0 Å². The molecule has 0 aromatic heterocycles. The first-order valence-corrected chi connectivity index (χ1v) is 7.83. The molecule has 1 N–H and O–H groups in total. The van der Waals surface area contributed by atoms with Crippen molar-refractivity contribution in [2.24, 2.45) is 5.92 Å². The summed E-state index contributed by atoms with van der Waals surface area (Å²) in [5, 5.41) is 4.00. The van der Waals surface area contributed by atoms with Crippen molar-refractivity contribution in [3.8, 4) is 0 Å². The van der Waals surface area contributed by atoms with Crippen molar-refractivity contribution in [2.75, 3.05) is 13.2 Å². The fraction of sp³-hybridized carbons (Fsp3) is 0.625. The molecule has 1 aromatic rings. The third-order valence-electron chi connectivity index (χ3n) is 4.13. The van der Waals surface area contributed by atoms with Gasteiger partial charge in [-0.2, -0.15) is 0 Å². The molecule has 0 radical (unpaired) electrons. The van der Waals surface area contributed by atoms with Crippen LogP contribution >= 0.6 is 11.6 Å². The smallest absolute Gasteiger partial charge is 0.127 e. The van der Waals surface area contributed by atoms with Crippen molar-refractivity contribution in [2.45, 2.75) is 45.3 Å². The van der Waals surface area contributed by atoms with E-state index in [-0.39, 0.29) is 18.0 Å². The van der Waals surface area contributed by atoms with E-state index in [1.807, 2.05) is 0 Å². The summed E-state index contributed by atoms with van der Waals surface area (Å²) in [5.74, 6) is 0.211. The lowest BCUT2D eigenvalue weighted by Gasteiger charge is -2.28. The number of hydrogen-bond acceptors (Lipinski definition) is 2. The lowest BCUT2D eigenvalue weighted by molar-refractivity contribution is 0.0775. The minimum atomic E-state index is -0.215. The van der Waals surface area contributed by atoms with E-state index in [9.17, 15) is 4.39 Å². The van der Waals surface area contributed by atoms with Crippen molar-refractivity contribution >= 4 is 11.6 Å². The van der Waals surface area contributed by atoms with Gasteiger partial charge >= 0.3 is 0 Å². The molecular formula is C16H23ClFNO. The van der Waals surface area contributed by atoms with Crippen LogP contribution in [0, 0.1) is 11.7 Å². The predicted octanol–water partition coefficient (Wildman–Crippen LogP) is 3.81. The molecule has 3 atom stereocenters. The Morgan fingerprint density at radius 2 is 2.25 bits per heavy atom. The van der Waals surface area contributed by atoms with Gasteiger partial charge in [0.05, 0.1) is 6.10 Å². The van der Waals surface area contributed by atoms with Crippen LogP contribution in [0.2, 0.25) is 5.02 Å². The number of nitrogens with one attached hydrogen (secondary N) is 1.